The first-order valence-corrected chi connectivity index (χ1v) is 4.45. The van der Waals surface area contributed by atoms with Gasteiger partial charge in [0.15, 0.2) is 6.10 Å². The van der Waals surface area contributed by atoms with Crippen LogP contribution in [0, 0.1) is 0 Å². The molecule has 0 radical (unpaired) electrons. The standard InChI is InChI=1S/C10H9NO4/c12-9(13)5-8-10(14)11-6-3-1-2-4-7(6)15-8/h1-4,8H,5H2,(H,11,14)(H,12,13). The Bertz CT molecular complexity index is 416. The maximum atomic E-state index is 11.4. The minimum atomic E-state index is -1.06. The van der Waals surface area contributed by atoms with E-state index in [1.165, 1.54) is 0 Å². The number of nitrogens with one attached hydrogen (secondary N) is 1. The van der Waals surface area contributed by atoms with Gasteiger partial charge in [0.25, 0.3) is 5.91 Å². The van der Waals surface area contributed by atoms with Gasteiger partial charge in [-0.05, 0) is 12.1 Å². The van der Waals surface area contributed by atoms with Crippen LogP contribution >= 0.6 is 0 Å². The van der Waals surface area contributed by atoms with Crippen LogP contribution < -0.4 is 10.1 Å². The second kappa shape index (κ2) is 3.61. The maximum absolute atomic E-state index is 11.4. The van der Waals surface area contributed by atoms with Crippen LogP contribution in [0.5, 0.6) is 5.75 Å². The van der Waals surface area contributed by atoms with E-state index in [0.717, 1.165) is 0 Å². The molecule has 5 heteroatoms. The number of rotatable bonds is 2. The van der Waals surface area contributed by atoms with Crippen LogP contribution in [-0.2, 0) is 9.59 Å². The van der Waals surface area contributed by atoms with Crippen LogP contribution in [-0.4, -0.2) is 23.1 Å². The highest BCUT2D eigenvalue weighted by Crippen LogP contribution is 2.29. The quantitative estimate of drug-likeness (QED) is 0.754. The number of carboxylic acids is 1. The Balaban J connectivity index is 2.22. The number of anilines is 1. The number of fused-ring (bicyclic) bond motifs is 1. The van der Waals surface area contributed by atoms with Gasteiger partial charge >= 0.3 is 5.97 Å². The molecule has 1 atom stereocenters. The van der Waals surface area contributed by atoms with E-state index in [9.17, 15) is 9.59 Å². The van der Waals surface area contributed by atoms with E-state index in [4.69, 9.17) is 9.84 Å². The van der Waals surface area contributed by atoms with Gasteiger partial charge in [-0.15, -0.1) is 0 Å². The lowest BCUT2D eigenvalue weighted by Gasteiger charge is -2.24. The van der Waals surface area contributed by atoms with Crippen molar-refractivity contribution in [3.05, 3.63) is 24.3 Å². The molecule has 1 amide bonds. The number of ether oxygens (including phenoxy) is 1. The fourth-order valence-electron chi connectivity index (χ4n) is 1.39. The van der Waals surface area contributed by atoms with Crippen LogP contribution in [0.3, 0.4) is 0 Å². The largest absolute Gasteiger partial charge is 0.481 e. The molecule has 0 saturated heterocycles. The minimum Gasteiger partial charge on any atom is -0.481 e. The van der Waals surface area contributed by atoms with Gasteiger partial charge in [-0.3, -0.25) is 9.59 Å². The third kappa shape index (κ3) is 1.90. The van der Waals surface area contributed by atoms with E-state index in [-0.39, 0.29) is 6.42 Å². The zero-order chi connectivity index (χ0) is 10.8. The Morgan fingerprint density at radius 3 is 2.93 bits per heavy atom. The van der Waals surface area contributed by atoms with Crippen LogP contribution in [0.1, 0.15) is 6.42 Å². The molecule has 0 aromatic heterocycles. The number of hydrogen-bond donors (Lipinski definition) is 2. The molecule has 0 saturated carbocycles. The average Bonchev–Trinajstić information content (AvgIpc) is 2.18. The maximum Gasteiger partial charge on any atom is 0.307 e. The first-order valence-electron chi connectivity index (χ1n) is 4.45. The molecule has 5 nitrogen and oxygen atoms in total. The third-order valence-electron chi connectivity index (χ3n) is 2.07. The second-order valence-corrected chi connectivity index (χ2v) is 3.19. The molecule has 1 unspecified atom stereocenters. The number of aliphatic carboxylic acids is 1. The summed E-state index contributed by atoms with van der Waals surface area (Å²) in [6, 6.07) is 6.90. The summed E-state index contributed by atoms with van der Waals surface area (Å²) in [4.78, 5) is 21.9. The molecular weight excluding hydrogens is 198 g/mol. The monoisotopic (exact) mass is 207 g/mol. The smallest absolute Gasteiger partial charge is 0.307 e. The fraction of sp³-hybridized carbons (Fsp3) is 0.200. The van der Waals surface area contributed by atoms with E-state index in [1.807, 2.05) is 0 Å². The third-order valence-corrected chi connectivity index (χ3v) is 2.07. The van der Waals surface area contributed by atoms with Gasteiger partial charge in [-0.25, -0.2) is 0 Å². The molecule has 2 N–H and O–H groups in total. The summed E-state index contributed by atoms with van der Waals surface area (Å²) in [7, 11) is 0. The molecule has 0 aliphatic carbocycles. The number of carbonyl (C=O) groups excluding carboxylic acids is 1. The summed E-state index contributed by atoms with van der Waals surface area (Å²) >= 11 is 0. The van der Waals surface area contributed by atoms with Gasteiger partial charge in [0, 0.05) is 0 Å². The fourth-order valence-corrected chi connectivity index (χ4v) is 1.39. The van der Waals surface area contributed by atoms with Gasteiger partial charge in [0.1, 0.15) is 5.75 Å². The molecule has 1 aliphatic rings. The van der Waals surface area contributed by atoms with Crippen LogP contribution in [0.15, 0.2) is 24.3 Å². The topological polar surface area (TPSA) is 75.6 Å². The van der Waals surface area contributed by atoms with Crippen molar-refractivity contribution in [1.82, 2.24) is 0 Å². The molecule has 15 heavy (non-hydrogen) atoms. The lowest BCUT2D eigenvalue weighted by molar-refractivity contribution is -0.142. The Hall–Kier alpha value is -2.04. The van der Waals surface area contributed by atoms with Gasteiger partial charge in [-0.2, -0.15) is 0 Å². The summed E-state index contributed by atoms with van der Waals surface area (Å²) in [5.41, 5.74) is 0.573. The van der Waals surface area contributed by atoms with Gasteiger partial charge < -0.3 is 15.2 Å². The Kier molecular flexibility index (Phi) is 2.29. The zero-order valence-electron chi connectivity index (χ0n) is 7.77. The molecule has 1 aliphatic heterocycles. The van der Waals surface area contributed by atoms with Crippen LogP contribution in [0.25, 0.3) is 0 Å². The highest BCUT2D eigenvalue weighted by molar-refractivity contribution is 5.99. The average molecular weight is 207 g/mol. The number of hydrogen-bond acceptors (Lipinski definition) is 3. The van der Waals surface area contributed by atoms with E-state index < -0.39 is 18.0 Å². The number of benzene rings is 1. The normalized spacial score (nSPS) is 18.7. The number of amides is 1. The predicted octanol–water partition coefficient (Wildman–Crippen LogP) is 0.861. The molecule has 0 fully saturated rings. The second-order valence-electron chi connectivity index (χ2n) is 3.19. The molecule has 2 rings (SSSR count). The lowest BCUT2D eigenvalue weighted by Crippen LogP contribution is -2.38. The van der Waals surface area contributed by atoms with Crippen molar-refractivity contribution >= 4 is 17.6 Å². The molecule has 1 heterocycles. The van der Waals surface area contributed by atoms with Crippen molar-refractivity contribution in [2.75, 3.05) is 5.32 Å². The lowest BCUT2D eigenvalue weighted by atomic mass is 10.2. The summed E-state index contributed by atoms with van der Waals surface area (Å²) in [6.07, 6.45) is -1.28. The van der Waals surface area contributed by atoms with Gasteiger partial charge in [-0.1, -0.05) is 12.1 Å². The van der Waals surface area contributed by atoms with Crippen LogP contribution in [0.4, 0.5) is 5.69 Å². The first-order chi connectivity index (χ1) is 7.16. The van der Waals surface area contributed by atoms with E-state index in [0.29, 0.717) is 11.4 Å². The van der Waals surface area contributed by atoms with Crippen molar-refractivity contribution < 1.29 is 19.4 Å². The molecule has 0 spiro atoms. The predicted molar refractivity (Wildman–Crippen MR) is 51.7 cm³/mol. The van der Waals surface area contributed by atoms with Gasteiger partial charge in [0.2, 0.25) is 0 Å². The first kappa shape index (κ1) is 9.51. The van der Waals surface area contributed by atoms with Crippen molar-refractivity contribution in [3.8, 4) is 5.75 Å². The van der Waals surface area contributed by atoms with E-state index in [2.05, 4.69) is 5.32 Å². The van der Waals surface area contributed by atoms with Crippen molar-refractivity contribution in [1.29, 1.82) is 0 Å². The highest BCUT2D eigenvalue weighted by Gasteiger charge is 2.29. The molecule has 1 aromatic rings. The number of carbonyl (C=O) groups is 2. The van der Waals surface area contributed by atoms with E-state index >= 15 is 0 Å². The number of para-hydroxylation sites is 2. The molecule has 1 aromatic carbocycles. The summed E-state index contributed by atoms with van der Waals surface area (Å²) in [5, 5.41) is 11.2. The Morgan fingerprint density at radius 2 is 2.20 bits per heavy atom. The molecular formula is C10H9NO4. The van der Waals surface area contributed by atoms with E-state index in [1.54, 1.807) is 24.3 Å². The summed E-state index contributed by atoms with van der Waals surface area (Å²) in [6.45, 7) is 0. The number of carboxylic acid groups (broad SMARTS) is 1. The van der Waals surface area contributed by atoms with Crippen molar-refractivity contribution in [2.24, 2.45) is 0 Å². The SMILES string of the molecule is O=C(O)CC1Oc2ccccc2NC1=O. The summed E-state index contributed by atoms with van der Waals surface area (Å²) in [5.74, 6) is -0.978. The molecule has 0 bridgehead atoms. The summed E-state index contributed by atoms with van der Waals surface area (Å²) < 4.78 is 5.26. The minimum absolute atomic E-state index is 0.333. The highest BCUT2D eigenvalue weighted by atomic mass is 16.5. The zero-order valence-corrected chi connectivity index (χ0v) is 7.77. The van der Waals surface area contributed by atoms with Crippen molar-refractivity contribution in [2.45, 2.75) is 12.5 Å². The molecule has 78 valence electrons. The Labute approximate surface area is 85.7 Å². The van der Waals surface area contributed by atoms with Crippen molar-refractivity contribution in [3.63, 3.8) is 0 Å². The van der Waals surface area contributed by atoms with Gasteiger partial charge in [0.05, 0.1) is 12.1 Å². The Morgan fingerprint density at radius 1 is 1.47 bits per heavy atom. The van der Waals surface area contributed by atoms with Crippen LogP contribution in [0.2, 0.25) is 0 Å².